The first-order valence-corrected chi connectivity index (χ1v) is 3.17. The summed E-state index contributed by atoms with van der Waals surface area (Å²) in [5, 5.41) is 0. The fraction of sp³-hybridized carbons (Fsp3) is 0.375. The summed E-state index contributed by atoms with van der Waals surface area (Å²) in [6, 6.07) is 0. The molecule has 0 N–H and O–H groups in total. The van der Waals surface area contributed by atoms with Gasteiger partial charge in [0.15, 0.2) is 0 Å². The highest BCUT2D eigenvalue weighted by molar-refractivity contribution is 5.34. The third-order valence-electron chi connectivity index (χ3n) is 0.820. The summed E-state index contributed by atoms with van der Waals surface area (Å²) < 4.78 is 0. The van der Waals surface area contributed by atoms with E-state index in [1.807, 2.05) is 12.2 Å². The smallest absolute Gasteiger partial charge is 0.211 e. The highest BCUT2D eigenvalue weighted by atomic mass is 16.1. The average Bonchev–Trinajstić information content (AvgIpc) is 1.87. The molecule has 0 fully saturated rings. The van der Waals surface area contributed by atoms with Gasteiger partial charge in [0.2, 0.25) is 6.08 Å². The molecule has 0 atom stereocenters. The topological polar surface area (TPSA) is 29.4 Å². The quantitative estimate of drug-likeness (QED) is 0.332. The van der Waals surface area contributed by atoms with Crippen LogP contribution in [0.1, 0.15) is 13.8 Å². The number of hydrogen-bond acceptors (Lipinski definition) is 2. The van der Waals surface area contributed by atoms with Crippen LogP contribution in [0.3, 0.4) is 0 Å². The van der Waals surface area contributed by atoms with Gasteiger partial charge in [-0.15, -0.1) is 0 Å². The second-order valence-corrected chi connectivity index (χ2v) is 2.19. The molecule has 0 spiro atoms. The largest absolute Gasteiger partial charge is 0.239 e. The van der Waals surface area contributed by atoms with Crippen molar-refractivity contribution in [3.63, 3.8) is 0 Å². The molecule has 0 bridgehead atoms. The van der Waals surface area contributed by atoms with Crippen molar-refractivity contribution in [2.45, 2.75) is 13.8 Å². The average molecular weight is 137 g/mol. The van der Waals surface area contributed by atoms with Gasteiger partial charge in [-0.3, -0.25) is 0 Å². The predicted molar refractivity (Wildman–Crippen MR) is 41.2 cm³/mol. The van der Waals surface area contributed by atoms with Crippen molar-refractivity contribution in [2.24, 2.45) is 10.9 Å². The lowest BCUT2D eigenvalue weighted by molar-refractivity contribution is 0.565. The SMILES string of the molecule is CC(C)/C=C/C=C/N=C=O. The van der Waals surface area contributed by atoms with E-state index < -0.39 is 0 Å². The van der Waals surface area contributed by atoms with Crippen molar-refractivity contribution >= 4 is 6.08 Å². The Balaban J connectivity index is 3.61. The van der Waals surface area contributed by atoms with Crippen LogP contribution in [0, 0.1) is 5.92 Å². The van der Waals surface area contributed by atoms with E-state index in [1.54, 1.807) is 6.08 Å². The molecule has 10 heavy (non-hydrogen) atoms. The van der Waals surface area contributed by atoms with E-state index in [9.17, 15) is 4.79 Å². The van der Waals surface area contributed by atoms with E-state index in [0.29, 0.717) is 5.92 Å². The first kappa shape index (κ1) is 8.86. The van der Waals surface area contributed by atoms with Gasteiger partial charge in [-0.05, 0) is 12.0 Å². The molecule has 0 rings (SSSR count). The molecule has 0 aliphatic rings. The summed E-state index contributed by atoms with van der Waals surface area (Å²) in [7, 11) is 0. The second kappa shape index (κ2) is 5.99. The van der Waals surface area contributed by atoms with Crippen LogP contribution in [0.4, 0.5) is 0 Å². The van der Waals surface area contributed by atoms with Crippen LogP contribution in [0.25, 0.3) is 0 Å². The van der Waals surface area contributed by atoms with Gasteiger partial charge in [0.1, 0.15) is 0 Å². The highest BCUT2D eigenvalue weighted by Crippen LogP contribution is 1.92. The minimum atomic E-state index is 0.532. The van der Waals surface area contributed by atoms with Gasteiger partial charge >= 0.3 is 0 Å². The maximum Gasteiger partial charge on any atom is 0.239 e. The molecule has 0 aliphatic carbocycles. The fourth-order valence-corrected chi connectivity index (χ4v) is 0.410. The molecule has 2 heteroatoms. The third kappa shape index (κ3) is 6.86. The number of isocyanates is 1. The van der Waals surface area contributed by atoms with Gasteiger partial charge in [0.05, 0.1) is 0 Å². The normalized spacial score (nSPS) is 11.1. The van der Waals surface area contributed by atoms with Crippen LogP contribution < -0.4 is 0 Å². The Morgan fingerprint density at radius 3 is 2.60 bits per heavy atom. The number of allylic oxidation sites excluding steroid dienone is 3. The lowest BCUT2D eigenvalue weighted by Crippen LogP contribution is -1.74. The van der Waals surface area contributed by atoms with Crippen LogP contribution in [-0.4, -0.2) is 6.08 Å². The van der Waals surface area contributed by atoms with E-state index in [0.717, 1.165) is 0 Å². The molecule has 0 saturated carbocycles. The number of carbonyl (C=O) groups excluding carboxylic acids is 1. The Hall–Kier alpha value is -1.14. The van der Waals surface area contributed by atoms with Crippen LogP contribution in [0.15, 0.2) is 29.4 Å². The first-order chi connectivity index (χ1) is 4.77. The van der Waals surface area contributed by atoms with Gasteiger partial charge in [-0.1, -0.05) is 26.0 Å². The van der Waals surface area contributed by atoms with Gasteiger partial charge in [0, 0.05) is 6.20 Å². The van der Waals surface area contributed by atoms with Crippen LogP contribution in [0.2, 0.25) is 0 Å². The molecule has 0 heterocycles. The zero-order chi connectivity index (χ0) is 7.82. The van der Waals surface area contributed by atoms with Gasteiger partial charge in [-0.25, -0.2) is 4.79 Å². The second-order valence-electron chi connectivity index (χ2n) is 2.19. The fourth-order valence-electron chi connectivity index (χ4n) is 0.410. The van der Waals surface area contributed by atoms with E-state index in [1.165, 1.54) is 12.3 Å². The van der Waals surface area contributed by atoms with E-state index in [2.05, 4.69) is 18.8 Å². The van der Waals surface area contributed by atoms with E-state index in [-0.39, 0.29) is 0 Å². The van der Waals surface area contributed by atoms with Crippen molar-refractivity contribution in [1.82, 2.24) is 0 Å². The van der Waals surface area contributed by atoms with Gasteiger partial charge in [0.25, 0.3) is 0 Å². The molecule has 0 unspecified atom stereocenters. The molecule has 0 amide bonds. The predicted octanol–water partition coefficient (Wildman–Crippen LogP) is 2.05. The lowest BCUT2D eigenvalue weighted by Gasteiger charge is -1.87. The van der Waals surface area contributed by atoms with Crippen molar-refractivity contribution in [3.8, 4) is 0 Å². The Labute approximate surface area is 61.0 Å². The summed E-state index contributed by atoms with van der Waals surface area (Å²) in [5.74, 6) is 0.532. The maximum absolute atomic E-state index is 9.53. The summed E-state index contributed by atoms with van der Waals surface area (Å²) >= 11 is 0. The van der Waals surface area contributed by atoms with Crippen molar-refractivity contribution in [2.75, 3.05) is 0 Å². The standard InChI is InChI=1S/C8H11NO/c1-8(2)5-3-4-6-9-7-10/h3-6,8H,1-2H3/b5-3+,6-4+. The molecular formula is C8H11NO. The minimum absolute atomic E-state index is 0.532. The Morgan fingerprint density at radius 2 is 2.10 bits per heavy atom. The Bertz CT molecular complexity index is 174. The van der Waals surface area contributed by atoms with Crippen molar-refractivity contribution < 1.29 is 4.79 Å². The number of hydrogen-bond donors (Lipinski definition) is 0. The van der Waals surface area contributed by atoms with Crippen molar-refractivity contribution in [3.05, 3.63) is 24.4 Å². The van der Waals surface area contributed by atoms with Crippen molar-refractivity contribution in [1.29, 1.82) is 0 Å². The number of rotatable bonds is 3. The van der Waals surface area contributed by atoms with Crippen LogP contribution in [-0.2, 0) is 4.79 Å². The highest BCUT2D eigenvalue weighted by Gasteiger charge is 1.78. The molecule has 0 saturated heterocycles. The molecular weight excluding hydrogens is 126 g/mol. The lowest BCUT2D eigenvalue weighted by atomic mass is 10.2. The molecule has 0 radical (unpaired) electrons. The maximum atomic E-state index is 9.53. The molecule has 0 aromatic carbocycles. The summed E-state index contributed by atoms with van der Waals surface area (Å²) in [6.07, 6.45) is 8.38. The molecule has 54 valence electrons. The number of nitrogens with zero attached hydrogens (tertiary/aromatic N) is 1. The number of aliphatic imine (C=N–C) groups is 1. The monoisotopic (exact) mass is 137 g/mol. The first-order valence-electron chi connectivity index (χ1n) is 3.17. The van der Waals surface area contributed by atoms with Gasteiger partial charge < -0.3 is 0 Å². The molecule has 2 nitrogen and oxygen atoms in total. The van der Waals surface area contributed by atoms with Crippen LogP contribution >= 0.6 is 0 Å². The van der Waals surface area contributed by atoms with E-state index in [4.69, 9.17) is 0 Å². The summed E-state index contributed by atoms with van der Waals surface area (Å²) in [5.41, 5.74) is 0. The summed E-state index contributed by atoms with van der Waals surface area (Å²) in [6.45, 7) is 4.15. The van der Waals surface area contributed by atoms with Crippen LogP contribution in [0.5, 0.6) is 0 Å². The Morgan fingerprint density at radius 1 is 1.40 bits per heavy atom. The van der Waals surface area contributed by atoms with E-state index >= 15 is 0 Å². The minimum Gasteiger partial charge on any atom is -0.211 e. The molecule has 0 aliphatic heterocycles. The van der Waals surface area contributed by atoms with Gasteiger partial charge in [-0.2, -0.15) is 4.99 Å². The Kier molecular flexibility index (Phi) is 5.30. The molecule has 0 aromatic heterocycles. The summed E-state index contributed by atoms with van der Waals surface area (Å²) in [4.78, 5) is 12.8. The molecule has 0 aromatic rings. The third-order valence-corrected chi connectivity index (χ3v) is 0.820. The zero-order valence-electron chi connectivity index (χ0n) is 6.24. The zero-order valence-corrected chi connectivity index (χ0v) is 6.24.